The van der Waals surface area contributed by atoms with Crippen molar-refractivity contribution in [2.24, 2.45) is 5.92 Å². The van der Waals surface area contributed by atoms with Gasteiger partial charge in [-0.15, -0.1) is 6.58 Å². The third-order valence-corrected chi connectivity index (χ3v) is 5.09. The van der Waals surface area contributed by atoms with Gasteiger partial charge in [0, 0.05) is 0 Å². The Morgan fingerprint density at radius 3 is 2.58 bits per heavy atom. The molecule has 0 aromatic heterocycles. The normalized spacial score (nSPS) is 34.4. The van der Waals surface area contributed by atoms with E-state index in [-0.39, 0.29) is 12.5 Å². The van der Waals surface area contributed by atoms with Crippen molar-refractivity contribution in [1.29, 1.82) is 0 Å². The molecule has 2 fully saturated rings. The number of aliphatic hydroxyl groups is 1. The summed E-state index contributed by atoms with van der Waals surface area (Å²) in [5.41, 5.74) is -2.92. The molecule has 6 heteroatoms. The molecule has 0 radical (unpaired) electrons. The molecule has 2 aliphatic rings. The van der Waals surface area contributed by atoms with Gasteiger partial charge in [-0.25, -0.2) is 4.79 Å². The van der Waals surface area contributed by atoms with Crippen LogP contribution in [0.4, 0.5) is 0 Å². The van der Waals surface area contributed by atoms with E-state index in [1.807, 2.05) is 13.0 Å². The topological polar surface area (TPSA) is 76.1 Å². The van der Waals surface area contributed by atoms with Crippen molar-refractivity contribution in [3.8, 4) is 0 Å². The summed E-state index contributed by atoms with van der Waals surface area (Å²) < 4.78 is 10.5. The summed E-state index contributed by atoms with van der Waals surface area (Å²) in [4.78, 5) is 26.2. The Morgan fingerprint density at radius 1 is 1.54 bits per heavy atom. The van der Waals surface area contributed by atoms with Gasteiger partial charge in [-0.05, 0) is 26.2 Å². The average molecular weight is 341 g/mol. The summed E-state index contributed by atoms with van der Waals surface area (Å²) in [6.45, 7) is 10.7. The number of allylic oxidation sites excluding steroid dienone is 1. The first-order valence-electron chi connectivity index (χ1n) is 8.62. The predicted molar refractivity (Wildman–Crippen MR) is 91.1 cm³/mol. The Morgan fingerprint density at radius 2 is 2.12 bits per heavy atom. The molecule has 138 valence electrons. The number of fused-ring (bicyclic) bond motifs is 1. The number of methoxy groups -OCH3 is 1. The van der Waals surface area contributed by atoms with Crippen LogP contribution in [-0.4, -0.2) is 53.0 Å². The van der Waals surface area contributed by atoms with Gasteiger partial charge in [0.05, 0.1) is 19.6 Å². The van der Waals surface area contributed by atoms with E-state index < -0.39 is 29.3 Å². The van der Waals surface area contributed by atoms with E-state index in [4.69, 9.17) is 9.47 Å². The van der Waals surface area contributed by atoms with Gasteiger partial charge >= 0.3 is 5.97 Å². The van der Waals surface area contributed by atoms with E-state index in [2.05, 4.69) is 13.5 Å². The van der Waals surface area contributed by atoms with Gasteiger partial charge in [-0.2, -0.15) is 0 Å². The summed E-state index contributed by atoms with van der Waals surface area (Å²) >= 11 is 0. The smallest absolute Gasteiger partial charge is 0.337 e. The molecule has 0 unspecified atom stereocenters. The zero-order chi connectivity index (χ0) is 18.5. The molecule has 2 saturated heterocycles. The number of nitrogens with zero attached hydrogens (tertiary/aromatic N) is 1. The number of amides is 1. The lowest BCUT2D eigenvalue weighted by Gasteiger charge is -2.37. The minimum absolute atomic E-state index is 0.0167. The van der Waals surface area contributed by atoms with Gasteiger partial charge < -0.3 is 14.6 Å². The molecular weight excluding hydrogens is 310 g/mol. The van der Waals surface area contributed by atoms with E-state index in [0.29, 0.717) is 6.42 Å². The van der Waals surface area contributed by atoms with Crippen molar-refractivity contribution in [3.05, 3.63) is 12.7 Å². The molecule has 24 heavy (non-hydrogen) atoms. The summed E-state index contributed by atoms with van der Waals surface area (Å²) in [7, 11) is 1.26. The molecule has 0 saturated carbocycles. The van der Waals surface area contributed by atoms with E-state index in [1.165, 1.54) is 18.9 Å². The molecule has 0 aromatic carbocycles. The highest BCUT2D eigenvalue weighted by molar-refractivity contribution is 5.96. The van der Waals surface area contributed by atoms with Crippen LogP contribution in [-0.2, 0) is 19.1 Å². The molecular formula is C18H31NO5. The number of esters is 1. The van der Waals surface area contributed by atoms with Gasteiger partial charge in [0.15, 0.2) is 5.54 Å². The fourth-order valence-electron chi connectivity index (χ4n) is 3.26. The predicted octanol–water partition coefficient (Wildman–Crippen LogP) is 2.26. The molecule has 1 amide bonds. The lowest BCUT2D eigenvalue weighted by atomic mass is 9.77. The van der Waals surface area contributed by atoms with Crippen LogP contribution in [0.25, 0.3) is 0 Å². The first-order valence-corrected chi connectivity index (χ1v) is 8.62. The number of carbonyl (C=O) groups is 2. The molecule has 2 aliphatic heterocycles. The molecule has 2 rings (SSSR count). The molecule has 0 spiro atoms. The van der Waals surface area contributed by atoms with Crippen molar-refractivity contribution < 1.29 is 24.2 Å². The van der Waals surface area contributed by atoms with Gasteiger partial charge in [0.25, 0.3) is 0 Å². The van der Waals surface area contributed by atoms with Crippen LogP contribution >= 0.6 is 0 Å². The average Bonchev–Trinajstić information content (AvgIpc) is 3.04. The minimum Gasteiger partial charge on any atom is -0.467 e. The second-order valence-corrected chi connectivity index (χ2v) is 6.53. The molecule has 6 nitrogen and oxygen atoms in total. The molecule has 0 aliphatic carbocycles. The number of unbranched alkanes of at least 4 members (excludes halogenated alkanes) is 1. The van der Waals surface area contributed by atoms with Crippen LogP contribution in [0.1, 0.15) is 53.4 Å². The number of ether oxygens (including phenoxy) is 2. The fourth-order valence-corrected chi connectivity index (χ4v) is 3.26. The highest BCUT2D eigenvalue weighted by Gasteiger charge is 2.73. The molecule has 1 N–H and O–H groups in total. The highest BCUT2D eigenvalue weighted by atomic mass is 16.6. The zero-order valence-corrected chi connectivity index (χ0v) is 15.5. The number of hydrogen-bond acceptors (Lipinski definition) is 5. The summed E-state index contributed by atoms with van der Waals surface area (Å²) in [6.07, 6.45) is 5.02. The van der Waals surface area contributed by atoms with Gasteiger partial charge in [0.1, 0.15) is 11.8 Å². The van der Waals surface area contributed by atoms with E-state index in [9.17, 15) is 14.7 Å². The standard InChI is InChI=1S/C14H23NO5.C4H8/c1-5-6-7-10-15-11(16)9(2)13(3,18)14(15,8-20-10)12(17)19-4;1-3-4-2/h9-10,18H,5-8H2,1-4H3;3H,1,4H2,2H3/t9-,10+,13+,14-;/m1./s1. The zero-order valence-electron chi connectivity index (χ0n) is 15.5. The quantitative estimate of drug-likeness (QED) is 0.613. The van der Waals surface area contributed by atoms with Crippen LogP contribution in [0, 0.1) is 5.92 Å². The Bertz CT molecular complexity index is 476. The third kappa shape index (κ3) is 3.09. The lowest BCUT2D eigenvalue weighted by molar-refractivity contribution is -0.166. The van der Waals surface area contributed by atoms with Crippen molar-refractivity contribution >= 4 is 11.9 Å². The van der Waals surface area contributed by atoms with Gasteiger partial charge in [0.2, 0.25) is 5.91 Å². The number of hydrogen-bond donors (Lipinski definition) is 1. The van der Waals surface area contributed by atoms with E-state index in [1.54, 1.807) is 6.92 Å². The van der Waals surface area contributed by atoms with Crippen LogP contribution in [0.15, 0.2) is 12.7 Å². The summed E-state index contributed by atoms with van der Waals surface area (Å²) in [5.74, 6) is -1.52. The number of carbonyl (C=O) groups excluding carboxylic acids is 2. The SMILES string of the molecule is C=CCC.CCCC[C@@H]1OC[C@]2(C(=O)OC)N1C(=O)[C@@H](C)[C@]2(C)O. The first-order chi connectivity index (χ1) is 11.3. The highest BCUT2D eigenvalue weighted by Crippen LogP contribution is 2.49. The van der Waals surface area contributed by atoms with Crippen LogP contribution < -0.4 is 0 Å². The monoisotopic (exact) mass is 341 g/mol. The van der Waals surface area contributed by atoms with E-state index >= 15 is 0 Å². The van der Waals surface area contributed by atoms with Crippen LogP contribution in [0.2, 0.25) is 0 Å². The molecule has 0 aromatic rings. The maximum absolute atomic E-state index is 12.5. The minimum atomic E-state index is -1.50. The van der Waals surface area contributed by atoms with Crippen molar-refractivity contribution in [2.75, 3.05) is 13.7 Å². The van der Waals surface area contributed by atoms with Crippen LogP contribution in [0.5, 0.6) is 0 Å². The molecule has 4 atom stereocenters. The Kier molecular flexibility index (Phi) is 6.98. The second kappa shape index (κ2) is 8.12. The fraction of sp³-hybridized carbons (Fsp3) is 0.778. The lowest BCUT2D eigenvalue weighted by Crippen LogP contribution is -2.63. The van der Waals surface area contributed by atoms with Crippen molar-refractivity contribution in [3.63, 3.8) is 0 Å². The van der Waals surface area contributed by atoms with E-state index in [0.717, 1.165) is 19.3 Å². The van der Waals surface area contributed by atoms with Crippen LogP contribution in [0.3, 0.4) is 0 Å². The third-order valence-electron chi connectivity index (χ3n) is 5.09. The largest absolute Gasteiger partial charge is 0.467 e. The Balaban J connectivity index is 0.000000648. The maximum Gasteiger partial charge on any atom is 0.337 e. The first kappa shape index (κ1) is 20.6. The Labute approximate surface area is 144 Å². The van der Waals surface area contributed by atoms with Crippen molar-refractivity contribution in [1.82, 2.24) is 4.90 Å². The molecule has 0 bridgehead atoms. The Hall–Kier alpha value is -1.40. The van der Waals surface area contributed by atoms with Gasteiger partial charge in [-0.1, -0.05) is 33.3 Å². The molecule has 2 heterocycles. The summed E-state index contributed by atoms with van der Waals surface area (Å²) in [6, 6.07) is 0. The number of rotatable bonds is 5. The summed E-state index contributed by atoms with van der Waals surface area (Å²) in [5, 5.41) is 10.8. The van der Waals surface area contributed by atoms with Gasteiger partial charge in [-0.3, -0.25) is 9.69 Å². The maximum atomic E-state index is 12.5. The second-order valence-electron chi connectivity index (χ2n) is 6.53. The van der Waals surface area contributed by atoms with Crippen molar-refractivity contribution in [2.45, 2.75) is 70.7 Å².